The third-order valence-corrected chi connectivity index (χ3v) is 4.41. The molecule has 0 bridgehead atoms. The van der Waals surface area contributed by atoms with E-state index in [1.807, 2.05) is 18.2 Å². The molecule has 148 valence electrons. The summed E-state index contributed by atoms with van der Waals surface area (Å²) in [5, 5.41) is 13.6. The molecular formula is C21H19N3O5. The smallest absolute Gasteiger partial charge is 0.271 e. The molecule has 0 spiro atoms. The molecule has 8 heteroatoms. The Morgan fingerprint density at radius 1 is 1.17 bits per heavy atom. The van der Waals surface area contributed by atoms with Crippen LogP contribution in [0.4, 0.5) is 11.4 Å². The van der Waals surface area contributed by atoms with Gasteiger partial charge in [0.25, 0.3) is 17.2 Å². The first-order chi connectivity index (χ1) is 13.9. The molecule has 1 N–H and O–H groups in total. The molecule has 1 heterocycles. The summed E-state index contributed by atoms with van der Waals surface area (Å²) in [5.74, 6) is 0.207. The number of methoxy groups -OCH3 is 1. The number of ether oxygens (including phenoxy) is 1. The third kappa shape index (κ3) is 4.67. The Kier molecular flexibility index (Phi) is 5.73. The van der Waals surface area contributed by atoms with Crippen molar-refractivity contribution in [2.45, 2.75) is 13.5 Å². The van der Waals surface area contributed by atoms with Crippen LogP contribution < -0.4 is 15.6 Å². The Labute approximate surface area is 166 Å². The average Bonchev–Trinajstić information content (AvgIpc) is 2.71. The van der Waals surface area contributed by atoms with E-state index in [9.17, 15) is 19.7 Å². The Balaban J connectivity index is 1.85. The van der Waals surface area contributed by atoms with Gasteiger partial charge in [-0.05, 0) is 36.2 Å². The zero-order chi connectivity index (χ0) is 21.0. The number of rotatable bonds is 6. The van der Waals surface area contributed by atoms with Crippen LogP contribution in [0, 0.1) is 17.0 Å². The number of non-ortho nitro benzene ring substituents is 1. The van der Waals surface area contributed by atoms with Crippen molar-refractivity contribution in [3.63, 3.8) is 0 Å². The molecule has 0 aliphatic rings. The van der Waals surface area contributed by atoms with Crippen molar-refractivity contribution >= 4 is 17.3 Å². The molecule has 0 saturated carbocycles. The molecule has 2 aromatic carbocycles. The van der Waals surface area contributed by atoms with E-state index >= 15 is 0 Å². The topological polar surface area (TPSA) is 103 Å². The Bertz CT molecular complexity index is 1140. The van der Waals surface area contributed by atoms with Gasteiger partial charge in [0.15, 0.2) is 0 Å². The number of aromatic nitrogens is 1. The van der Waals surface area contributed by atoms with E-state index in [4.69, 9.17) is 4.74 Å². The Morgan fingerprint density at radius 3 is 2.69 bits per heavy atom. The van der Waals surface area contributed by atoms with Gasteiger partial charge in [0.1, 0.15) is 5.75 Å². The quantitative estimate of drug-likeness (QED) is 0.511. The van der Waals surface area contributed by atoms with Crippen LogP contribution in [0.5, 0.6) is 5.75 Å². The molecule has 0 aliphatic carbocycles. The molecule has 3 rings (SSSR count). The van der Waals surface area contributed by atoms with E-state index in [1.54, 1.807) is 26.2 Å². The predicted molar refractivity (Wildman–Crippen MR) is 109 cm³/mol. The molecular weight excluding hydrogens is 374 g/mol. The minimum atomic E-state index is -0.524. The lowest BCUT2D eigenvalue weighted by molar-refractivity contribution is -0.384. The Hall–Kier alpha value is -3.94. The number of hydrogen-bond acceptors (Lipinski definition) is 5. The maximum Gasteiger partial charge on any atom is 0.271 e. The first kappa shape index (κ1) is 19.8. The summed E-state index contributed by atoms with van der Waals surface area (Å²) >= 11 is 0. The van der Waals surface area contributed by atoms with Gasteiger partial charge in [0.05, 0.1) is 29.8 Å². The number of nitro groups is 1. The molecule has 0 atom stereocenters. The van der Waals surface area contributed by atoms with Crippen molar-refractivity contribution in [2.75, 3.05) is 12.4 Å². The van der Waals surface area contributed by atoms with Crippen LogP contribution in [0.25, 0.3) is 0 Å². The van der Waals surface area contributed by atoms with Gasteiger partial charge in [-0.25, -0.2) is 0 Å². The lowest BCUT2D eigenvalue weighted by atomic mass is 10.1. The van der Waals surface area contributed by atoms with Gasteiger partial charge in [-0.1, -0.05) is 18.2 Å². The number of hydrogen-bond donors (Lipinski definition) is 1. The molecule has 1 amide bonds. The largest absolute Gasteiger partial charge is 0.497 e. The van der Waals surface area contributed by atoms with Crippen LogP contribution >= 0.6 is 0 Å². The minimum absolute atomic E-state index is 0.117. The SMILES string of the molecule is COc1cccc(Cn2cc(C(=O)Nc3cc([N+](=O)[O-])ccc3C)ccc2=O)c1. The maximum atomic E-state index is 12.6. The van der Waals surface area contributed by atoms with E-state index in [2.05, 4.69) is 5.32 Å². The summed E-state index contributed by atoms with van der Waals surface area (Å²) < 4.78 is 6.61. The van der Waals surface area contributed by atoms with Crippen LogP contribution in [0.1, 0.15) is 21.5 Å². The van der Waals surface area contributed by atoms with Crippen LogP contribution in [-0.4, -0.2) is 22.5 Å². The second-order valence-electron chi connectivity index (χ2n) is 6.45. The number of aryl methyl sites for hydroxylation is 1. The highest BCUT2D eigenvalue weighted by Crippen LogP contribution is 2.22. The second-order valence-corrected chi connectivity index (χ2v) is 6.45. The molecule has 0 fully saturated rings. The summed E-state index contributed by atoms with van der Waals surface area (Å²) in [5.41, 5.74) is 1.77. The maximum absolute atomic E-state index is 12.6. The van der Waals surface area contributed by atoms with Crippen molar-refractivity contribution in [3.05, 3.63) is 98.0 Å². The van der Waals surface area contributed by atoms with E-state index in [1.165, 1.54) is 35.0 Å². The van der Waals surface area contributed by atoms with Crippen LogP contribution in [0.2, 0.25) is 0 Å². The second kappa shape index (κ2) is 8.39. The summed E-state index contributed by atoms with van der Waals surface area (Å²) in [4.78, 5) is 35.3. The molecule has 0 saturated heterocycles. The Morgan fingerprint density at radius 2 is 1.97 bits per heavy atom. The summed E-state index contributed by atoms with van der Waals surface area (Å²) in [6, 6.07) is 14.3. The van der Waals surface area contributed by atoms with Gasteiger partial charge in [-0.15, -0.1) is 0 Å². The van der Waals surface area contributed by atoms with Gasteiger partial charge < -0.3 is 14.6 Å². The number of benzene rings is 2. The number of carbonyl (C=O) groups is 1. The molecule has 29 heavy (non-hydrogen) atoms. The van der Waals surface area contributed by atoms with Gasteiger partial charge >= 0.3 is 0 Å². The number of anilines is 1. The number of amides is 1. The lowest BCUT2D eigenvalue weighted by Gasteiger charge is -2.11. The molecule has 1 aromatic heterocycles. The number of carbonyl (C=O) groups excluding carboxylic acids is 1. The highest BCUT2D eigenvalue weighted by molar-refractivity contribution is 6.04. The van der Waals surface area contributed by atoms with Crippen LogP contribution in [0.3, 0.4) is 0 Å². The van der Waals surface area contributed by atoms with Crippen LogP contribution in [-0.2, 0) is 6.54 Å². The van der Waals surface area contributed by atoms with E-state index in [0.717, 1.165) is 5.56 Å². The fourth-order valence-electron chi connectivity index (χ4n) is 2.81. The summed E-state index contributed by atoms with van der Waals surface area (Å²) in [6.45, 7) is 2.01. The fourth-order valence-corrected chi connectivity index (χ4v) is 2.81. The third-order valence-electron chi connectivity index (χ3n) is 4.41. The fraction of sp³-hybridized carbons (Fsp3) is 0.143. The van der Waals surface area contributed by atoms with Crippen molar-refractivity contribution in [1.82, 2.24) is 4.57 Å². The monoisotopic (exact) mass is 393 g/mol. The molecule has 0 unspecified atom stereocenters. The first-order valence-electron chi connectivity index (χ1n) is 8.77. The highest BCUT2D eigenvalue weighted by atomic mass is 16.6. The van der Waals surface area contributed by atoms with Crippen molar-refractivity contribution < 1.29 is 14.5 Å². The number of pyridine rings is 1. The van der Waals surface area contributed by atoms with Gasteiger partial charge in [-0.3, -0.25) is 19.7 Å². The van der Waals surface area contributed by atoms with Crippen LogP contribution in [0.15, 0.2) is 65.6 Å². The van der Waals surface area contributed by atoms with E-state index < -0.39 is 10.8 Å². The zero-order valence-electron chi connectivity index (χ0n) is 15.9. The lowest BCUT2D eigenvalue weighted by Crippen LogP contribution is -2.22. The normalized spacial score (nSPS) is 10.4. The number of nitrogens with one attached hydrogen (secondary N) is 1. The van der Waals surface area contributed by atoms with Gasteiger partial charge in [0.2, 0.25) is 0 Å². The first-order valence-corrected chi connectivity index (χ1v) is 8.77. The summed E-state index contributed by atoms with van der Waals surface area (Å²) in [6.07, 6.45) is 1.46. The van der Waals surface area contributed by atoms with Gasteiger partial charge in [-0.2, -0.15) is 0 Å². The van der Waals surface area contributed by atoms with Crippen molar-refractivity contribution in [1.29, 1.82) is 0 Å². The van der Waals surface area contributed by atoms with Crippen molar-refractivity contribution in [2.24, 2.45) is 0 Å². The molecule has 8 nitrogen and oxygen atoms in total. The highest BCUT2D eigenvalue weighted by Gasteiger charge is 2.13. The minimum Gasteiger partial charge on any atom is -0.497 e. The number of nitrogens with zero attached hydrogens (tertiary/aromatic N) is 2. The average molecular weight is 393 g/mol. The number of nitro benzene ring substituents is 1. The van der Waals surface area contributed by atoms with E-state index in [0.29, 0.717) is 17.0 Å². The predicted octanol–water partition coefficient (Wildman–Crippen LogP) is 3.37. The van der Waals surface area contributed by atoms with Gasteiger partial charge in [0, 0.05) is 24.4 Å². The molecule has 0 radical (unpaired) electrons. The molecule has 0 aliphatic heterocycles. The van der Waals surface area contributed by atoms with Crippen molar-refractivity contribution in [3.8, 4) is 5.75 Å². The van der Waals surface area contributed by atoms with E-state index in [-0.39, 0.29) is 23.4 Å². The zero-order valence-corrected chi connectivity index (χ0v) is 15.9. The molecule has 3 aromatic rings. The standard InChI is InChI=1S/C21H19N3O5/c1-14-6-8-17(24(27)28)11-19(14)22-21(26)16-7-9-20(25)23(13-16)12-15-4-3-5-18(10-15)29-2/h3-11,13H,12H2,1-2H3,(H,22,26). The summed E-state index contributed by atoms with van der Waals surface area (Å²) in [7, 11) is 1.56.